The Bertz CT molecular complexity index is 910. The van der Waals surface area contributed by atoms with Gasteiger partial charge in [0.15, 0.2) is 5.69 Å². The first-order valence-electron chi connectivity index (χ1n) is 8.36. The molecule has 0 spiro atoms. The minimum Gasteiger partial charge on any atom is -0.509 e. The number of hydrogen-bond donors (Lipinski definition) is 1. The molecule has 0 aliphatic rings. The zero-order valence-electron chi connectivity index (χ0n) is 15.4. The molecule has 0 unspecified atom stereocenters. The quantitative estimate of drug-likeness (QED) is 0.125. The van der Waals surface area contributed by atoms with Gasteiger partial charge in [0.2, 0.25) is 5.70 Å². The molecule has 0 aliphatic carbocycles. The summed E-state index contributed by atoms with van der Waals surface area (Å²) < 4.78 is 4.91. The van der Waals surface area contributed by atoms with E-state index in [1.807, 2.05) is 31.2 Å². The Labute approximate surface area is 166 Å². The van der Waals surface area contributed by atoms with Gasteiger partial charge < -0.3 is 9.84 Å². The van der Waals surface area contributed by atoms with Crippen molar-refractivity contribution in [2.45, 2.75) is 18.7 Å². The molecule has 2 aromatic rings. The van der Waals surface area contributed by atoms with Gasteiger partial charge in [0.25, 0.3) is 5.69 Å². The molecular weight excluding hydrogens is 382 g/mol. The highest BCUT2D eigenvalue weighted by Crippen LogP contribution is 2.28. The second kappa shape index (κ2) is 10.2. The molecule has 0 fully saturated rings. The third-order valence-corrected chi connectivity index (χ3v) is 4.50. The van der Waals surface area contributed by atoms with E-state index in [9.17, 15) is 20.0 Å². The summed E-state index contributed by atoms with van der Waals surface area (Å²) in [5, 5.41) is 28.9. The van der Waals surface area contributed by atoms with E-state index < -0.39 is 10.9 Å². The number of thioether (sulfide) groups is 1. The van der Waals surface area contributed by atoms with Gasteiger partial charge in [0.1, 0.15) is 5.76 Å². The summed E-state index contributed by atoms with van der Waals surface area (Å²) >= 11 is 1.31. The number of aliphatic hydroxyl groups excluding tert-OH is 1. The molecule has 2 rings (SSSR count). The van der Waals surface area contributed by atoms with Gasteiger partial charge in [-0.2, -0.15) is 0 Å². The van der Waals surface area contributed by atoms with Crippen LogP contribution in [0.2, 0.25) is 0 Å². The molecule has 8 nitrogen and oxygen atoms in total. The molecule has 0 atom stereocenters. The van der Waals surface area contributed by atoms with E-state index >= 15 is 0 Å². The predicted octanol–water partition coefficient (Wildman–Crippen LogP) is 5.11. The van der Waals surface area contributed by atoms with Crippen LogP contribution in [0.15, 0.2) is 75.1 Å². The van der Waals surface area contributed by atoms with Gasteiger partial charge in [-0.15, -0.1) is 22.0 Å². The molecule has 2 aromatic carbocycles. The van der Waals surface area contributed by atoms with Crippen LogP contribution in [0.3, 0.4) is 0 Å². The standard InChI is InChI=1S/C19H19N3O5S/c1-3-27-19(24)18(17(23)12-28-14-10-8-13(2)9-11-14)21-20-15-6-4-5-7-16(15)22(25)26/h4-11,23H,3,12H2,1-2H3. The SMILES string of the molecule is CCOC(=O)C(N=Nc1ccccc1[N+](=O)[O-])=C(O)CSc1ccc(C)cc1. The highest BCUT2D eigenvalue weighted by Gasteiger charge is 2.18. The van der Waals surface area contributed by atoms with Crippen LogP contribution < -0.4 is 0 Å². The minimum absolute atomic E-state index is 0.0340. The van der Waals surface area contributed by atoms with Gasteiger partial charge in [0.05, 0.1) is 17.3 Å². The molecule has 0 saturated heterocycles. The van der Waals surface area contributed by atoms with Crippen molar-refractivity contribution >= 4 is 29.1 Å². The Morgan fingerprint density at radius 2 is 1.89 bits per heavy atom. The van der Waals surface area contributed by atoms with Crippen LogP contribution >= 0.6 is 11.8 Å². The van der Waals surface area contributed by atoms with Crippen LogP contribution in [0.5, 0.6) is 0 Å². The predicted molar refractivity (Wildman–Crippen MR) is 106 cm³/mol. The van der Waals surface area contributed by atoms with Gasteiger partial charge in [-0.3, -0.25) is 10.1 Å². The summed E-state index contributed by atoms with van der Waals surface area (Å²) in [6.07, 6.45) is 0. The number of benzene rings is 2. The topological polar surface area (TPSA) is 114 Å². The number of ether oxygens (including phenoxy) is 1. The number of azo groups is 1. The van der Waals surface area contributed by atoms with E-state index in [1.165, 1.54) is 30.0 Å². The van der Waals surface area contributed by atoms with Crippen LogP contribution in [-0.4, -0.2) is 28.4 Å². The van der Waals surface area contributed by atoms with Gasteiger partial charge in [-0.05, 0) is 32.0 Å². The molecule has 0 radical (unpaired) electrons. The fraction of sp³-hybridized carbons (Fsp3) is 0.211. The molecule has 0 bridgehead atoms. The fourth-order valence-electron chi connectivity index (χ4n) is 2.08. The summed E-state index contributed by atoms with van der Waals surface area (Å²) in [5.41, 5.74) is 0.422. The van der Waals surface area contributed by atoms with Crippen molar-refractivity contribution in [2.24, 2.45) is 10.2 Å². The van der Waals surface area contributed by atoms with Crippen molar-refractivity contribution in [3.8, 4) is 0 Å². The van der Waals surface area contributed by atoms with Crippen LogP contribution in [0.4, 0.5) is 11.4 Å². The highest BCUT2D eigenvalue weighted by molar-refractivity contribution is 7.99. The van der Waals surface area contributed by atoms with E-state index in [0.717, 1.165) is 10.5 Å². The molecule has 1 N–H and O–H groups in total. The Morgan fingerprint density at radius 3 is 2.54 bits per heavy atom. The lowest BCUT2D eigenvalue weighted by Gasteiger charge is -2.06. The van der Waals surface area contributed by atoms with Gasteiger partial charge in [0, 0.05) is 11.0 Å². The maximum atomic E-state index is 12.1. The molecule has 146 valence electrons. The average molecular weight is 401 g/mol. The number of rotatable bonds is 8. The maximum absolute atomic E-state index is 12.1. The monoisotopic (exact) mass is 401 g/mol. The first-order chi connectivity index (χ1) is 13.4. The van der Waals surface area contributed by atoms with E-state index in [4.69, 9.17) is 4.74 Å². The largest absolute Gasteiger partial charge is 0.509 e. The van der Waals surface area contributed by atoms with Crippen molar-refractivity contribution in [1.82, 2.24) is 0 Å². The molecular formula is C19H19N3O5S. The smallest absolute Gasteiger partial charge is 0.362 e. The van der Waals surface area contributed by atoms with Crippen molar-refractivity contribution in [3.63, 3.8) is 0 Å². The van der Waals surface area contributed by atoms with Crippen LogP contribution in [-0.2, 0) is 9.53 Å². The molecule has 28 heavy (non-hydrogen) atoms. The first-order valence-corrected chi connectivity index (χ1v) is 9.34. The minimum atomic E-state index is -0.855. The summed E-state index contributed by atoms with van der Waals surface area (Å²) in [5.74, 6) is -1.12. The van der Waals surface area contributed by atoms with Crippen molar-refractivity contribution in [3.05, 3.63) is 75.7 Å². The Balaban J connectivity index is 2.27. The number of aliphatic hydroxyl groups is 1. The Kier molecular flexibility index (Phi) is 7.70. The molecule has 0 saturated carbocycles. The average Bonchev–Trinajstić information content (AvgIpc) is 2.68. The number of aryl methyl sites for hydroxylation is 1. The van der Waals surface area contributed by atoms with Gasteiger partial charge in [-0.25, -0.2) is 4.79 Å². The number of para-hydroxylation sites is 1. The maximum Gasteiger partial charge on any atom is 0.362 e. The van der Waals surface area contributed by atoms with E-state index in [1.54, 1.807) is 13.0 Å². The molecule has 0 aromatic heterocycles. The summed E-state index contributed by atoms with van der Waals surface area (Å²) in [6, 6.07) is 13.4. The van der Waals surface area contributed by atoms with Crippen molar-refractivity contribution in [1.29, 1.82) is 0 Å². The van der Waals surface area contributed by atoms with Crippen molar-refractivity contribution in [2.75, 3.05) is 12.4 Å². The third kappa shape index (κ3) is 5.92. The van der Waals surface area contributed by atoms with E-state index in [-0.39, 0.29) is 35.2 Å². The highest BCUT2D eigenvalue weighted by atomic mass is 32.2. The zero-order chi connectivity index (χ0) is 20.5. The number of carbonyl (C=O) groups is 1. The lowest BCUT2D eigenvalue weighted by molar-refractivity contribution is -0.384. The number of carbonyl (C=O) groups excluding carboxylic acids is 1. The molecule has 9 heteroatoms. The number of nitro groups is 1. The first kappa shape index (κ1) is 21.1. The fourth-order valence-corrected chi connectivity index (χ4v) is 2.85. The normalized spacial score (nSPS) is 11.9. The molecule has 0 amide bonds. The van der Waals surface area contributed by atoms with Crippen LogP contribution in [0.1, 0.15) is 12.5 Å². The number of nitrogens with zero attached hydrogens (tertiary/aromatic N) is 3. The van der Waals surface area contributed by atoms with Crippen LogP contribution in [0, 0.1) is 17.0 Å². The van der Waals surface area contributed by atoms with Gasteiger partial charge in [-0.1, -0.05) is 29.8 Å². The number of esters is 1. The van der Waals surface area contributed by atoms with E-state index in [0.29, 0.717) is 0 Å². The summed E-state index contributed by atoms with van der Waals surface area (Å²) in [4.78, 5) is 23.5. The van der Waals surface area contributed by atoms with E-state index in [2.05, 4.69) is 10.2 Å². The Hall–Kier alpha value is -3.20. The third-order valence-electron chi connectivity index (χ3n) is 3.47. The zero-order valence-corrected chi connectivity index (χ0v) is 16.2. The number of hydrogen-bond acceptors (Lipinski definition) is 8. The Morgan fingerprint density at radius 1 is 1.21 bits per heavy atom. The second-order valence-electron chi connectivity index (χ2n) is 5.56. The lowest BCUT2D eigenvalue weighted by atomic mass is 10.2. The number of nitro benzene ring substituents is 1. The molecule has 0 aliphatic heterocycles. The van der Waals surface area contributed by atoms with Gasteiger partial charge >= 0.3 is 5.97 Å². The summed E-state index contributed by atoms with van der Waals surface area (Å²) in [6.45, 7) is 3.67. The second-order valence-corrected chi connectivity index (χ2v) is 6.61. The summed E-state index contributed by atoms with van der Waals surface area (Å²) in [7, 11) is 0. The van der Waals surface area contributed by atoms with Crippen molar-refractivity contribution < 1.29 is 19.6 Å². The lowest BCUT2D eigenvalue weighted by Crippen LogP contribution is -2.09. The molecule has 0 heterocycles. The van der Waals surface area contributed by atoms with Crippen LogP contribution in [0.25, 0.3) is 0 Å².